The maximum absolute atomic E-state index is 12.2. The molecule has 1 amide bonds. The van der Waals surface area contributed by atoms with E-state index in [9.17, 15) is 4.79 Å². The molecule has 0 spiro atoms. The minimum atomic E-state index is 0.295. The third-order valence-corrected chi connectivity index (χ3v) is 4.45. The minimum absolute atomic E-state index is 0.295. The Balaban J connectivity index is 1.83. The van der Waals surface area contributed by atoms with Crippen molar-refractivity contribution >= 4 is 5.91 Å². The molecule has 2 unspecified atom stereocenters. The number of hydrogen-bond donors (Lipinski definition) is 2. The molecule has 0 aromatic carbocycles. The van der Waals surface area contributed by atoms with Crippen molar-refractivity contribution in [2.24, 2.45) is 11.8 Å². The summed E-state index contributed by atoms with van der Waals surface area (Å²) >= 11 is 0. The van der Waals surface area contributed by atoms with Crippen LogP contribution in [0.4, 0.5) is 0 Å². The van der Waals surface area contributed by atoms with Crippen molar-refractivity contribution in [2.75, 3.05) is 13.1 Å². The van der Waals surface area contributed by atoms with Gasteiger partial charge in [0.1, 0.15) is 0 Å². The van der Waals surface area contributed by atoms with Gasteiger partial charge >= 0.3 is 0 Å². The first-order chi connectivity index (χ1) is 8.31. The van der Waals surface area contributed by atoms with Gasteiger partial charge in [0.25, 0.3) is 0 Å². The topological polar surface area (TPSA) is 41.1 Å². The second kappa shape index (κ2) is 6.39. The molecule has 1 saturated heterocycles. The van der Waals surface area contributed by atoms with Crippen molar-refractivity contribution in [3.8, 4) is 0 Å². The van der Waals surface area contributed by atoms with Gasteiger partial charge in [0.2, 0.25) is 5.91 Å². The lowest BCUT2D eigenvalue weighted by atomic mass is 9.86. The zero-order valence-electron chi connectivity index (χ0n) is 11.0. The molecule has 2 atom stereocenters. The Morgan fingerprint density at radius 1 is 1.24 bits per heavy atom. The molecule has 17 heavy (non-hydrogen) atoms. The lowest BCUT2D eigenvalue weighted by Crippen LogP contribution is -2.52. The van der Waals surface area contributed by atoms with E-state index in [1.807, 2.05) is 0 Å². The molecule has 0 aromatic rings. The van der Waals surface area contributed by atoms with E-state index >= 15 is 0 Å². The van der Waals surface area contributed by atoms with Gasteiger partial charge < -0.3 is 10.6 Å². The molecule has 98 valence electrons. The van der Waals surface area contributed by atoms with Crippen molar-refractivity contribution in [2.45, 2.75) is 57.9 Å². The Labute approximate surface area is 105 Å². The van der Waals surface area contributed by atoms with Gasteiger partial charge in [-0.2, -0.15) is 0 Å². The van der Waals surface area contributed by atoms with Gasteiger partial charge in [-0.15, -0.1) is 0 Å². The molecule has 2 N–H and O–H groups in total. The van der Waals surface area contributed by atoms with E-state index in [4.69, 9.17) is 0 Å². The van der Waals surface area contributed by atoms with Gasteiger partial charge in [0.15, 0.2) is 0 Å². The summed E-state index contributed by atoms with van der Waals surface area (Å²) in [6, 6.07) is 0.364. The lowest BCUT2D eigenvalue weighted by Gasteiger charge is -2.33. The van der Waals surface area contributed by atoms with Crippen LogP contribution in [0.1, 0.15) is 51.9 Å². The first-order valence-corrected chi connectivity index (χ1v) is 7.32. The van der Waals surface area contributed by atoms with E-state index < -0.39 is 0 Å². The van der Waals surface area contributed by atoms with Crippen molar-refractivity contribution in [3.05, 3.63) is 0 Å². The number of carbonyl (C=O) groups is 1. The molecule has 0 radical (unpaired) electrons. The highest BCUT2D eigenvalue weighted by atomic mass is 16.1. The van der Waals surface area contributed by atoms with Crippen LogP contribution < -0.4 is 10.6 Å². The number of rotatable bonds is 3. The summed E-state index contributed by atoms with van der Waals surface area (Å²) in [5.41, 5.74) is 0. The Morgan fingerprint density at radius 2 is 2.00 bits per heavy atom. The van der Waals surface area contributed by atoms with Crippen LogP contribution in [0.2, 0.25) is 0 Å². The monoisotopic (exact) mass is 238 g/mol. The van der Waals surface area contributed by atoms with Crippen molar-refractivity contribution < 1.29 is 4.79 Å². The number of hydrogen-bond acceptors (Lipinski definition) is 2. The van der Waals surface area contributed by atoms with Crippen molar-refractivity contribution in [1.82, 2.24) is 10.6 Å². The van der Waals surface area contributed by atoms with Crippen LogP contribution in [-0.4, -0.2) is 25.0 Å². The van der Waals surface area contributed by atoms with Crippen LogP contribution in [0.5, 0.6) is 0 Å². The third-order valence-electron chi connectivity index (χ3n) is 4.45. The van der Waals surface area contributed by atoms with Crippen LogP contribution in [0, 0.1) is 11.8 Å². The Hall–Kier alpha value is -0.570. The molecule has 2 aliphatic rings. The lowest BCUT2D eigenvalue weighted by molar-refractivity contribution is -0.127. The average Bonchev–Trinajstić information content (AvgIpc) is 2.40. The molecule has 0 aromatic heterocycles. The van der Waals surface area contributed by atoms with E-state index in [1.165, 1.54) is 32.1 Å². The van der Waals surface area contributed by atoms with Gasteiger partial charge in [-0.3, -0.25) is 4.79 Å². The quantitative estimate of drug-likeness (QED) is 0.790. The molecule has 1 heterocycles. The van der Waals surface area contributed by atoms with Gasteiger partial charge in [0.05, 0.1) is 0 Å². The van der Waals surface area contributed by atoms with Crippen molar-refractivity contribution in [3.63, 3.8) is 0 Å². The Morgan fingerprint density at radius 3 is 2.71 bits per heavy atom. The van der Waals surface area contributed by atoms with Gasteiger partial charge in [0, 0.05) is 18.5 Å². The number of piperidine rings is 1. The van der Waals surface area contributed by atoms with Crippen LogP contribution in [-0.2, 0) is 4.79 Å². The summed E-state index contributed by atoms with van der Waals surface area (Å²) in [5.74, 6) is 1.28. The zero-order valence-corrected chi connectivity index (χ0v) is 11.0. The second-order valence-corrected chi connectivity index (χ2v) is 5.61. The standard InChI is InChI=1S/C14H26N2O/c1-2-11-8-9-15-10-13(11)16-14(17)12-6-4-3-5-7-12/h11-13,15H,2-10H2,1H3,(H,16,17). The fourth-order valence-corrected chi connectivity index (χ4v) is 3.24. The molecule has 2 fully saturated rings. The molecule has 1 aliphatic heterocycles. The molecule has 0 bridgehead atoms. The molecule has 1 aliphatic carbocycles. The summed E-state index contributed by atoms with van der Waals surface area (Å²) < 4.78 is 0. The SMILES string of the molecule is CCC1CCNCC1NC(=O)C1CCCCC1. The predicted molar refractivity (Wildman–Crippen MR) is 69.8 cm³/mol. The minimum Gasteiger partial charge on any atom is -0.352 e. The second-order valence-electron chi connectivity index (χ2n) is 5.61. The summed E-state index contributed by atoms with van der Waals surface area (Å²) in [6.45, 7) is 4.29. The smallest absolute Gasteiger partial charge is 0.223 e. The molecule has 3 nitrogen and oxygen atoms in total. The van der Waals surface area contributed by atoms with Gasteiger partial charge in [-0.1, -0.05) is 32.6 Å². The van der Waals surface area contributed by atoms with Crippen LogP contribution in [0.3, 0.4) is 0 Å². The highest BCUT2D eigenvalue weighted by Crippen LogP contribution is 2.24. The first-order valence-electron chi connectivity index (χ1n) is 7.32. The molecule has 2 rings (SSSR count). The van der Waals surface area contributed by atoms with Gasteiger partial charge in [-0.05, 0) is 31.7 Å². The molecule has 3 heteroatoms. The highest BCUT2D eigenvalue weighted by molar-refractivity contribution is 5.79. The van der Waals surface area contributed by atoms with Crippen molar-refractivity contribution in [1.29, 1.82) is 0 Å². The molecular weight excluding hydrogens is 212 g/mol. The maximum atomic E-state index is 12.2. The van der Waals surface area contributed by atoms with E-state index in [2.05, 4.69) is 17.6 Å². The first kappa shape index (κ1) is 12.9. The largest absolute Gasteiger partial charge is 0.352 e. The number of amides is 1. The normalized spacial score (nSPS) is 31.1. The highest BCUT2D eigenvalue weighted by Gasteiger charge is 2.28. The summed E-state index contributed by atoms with van der Waals surface area (Å²) in [4.78, 5) is 12.2. The number of carbonyl (C=O) groups excluding carboxylic acids is 1. The summed E-state index contributed by atoms with van der Waals surface area (Å²) in [6.07, 6.45) is 8.36. The predicted octanol–water partition coefficient (Wildman–Crippen LogP) is 2.07. The number of nitrogens with one attached hydrogen (secondary N) is 2. The van der Waals surface area contributed by atoms with E-state index in [0.29, 0.717) is 23.8 Å². The van der Waals surface area contributed by atoms with Crippen LogP contribution in [0.25, 0.3) is 0 Å². The van der Waals surface area contributed by atoms with E-state index in [1.54, 1.807) is 0 Å². The summed E-state index contributed by atoms with van der Waals surface area (Å²) in [7, 11) is 0. The molecule has 1 saturated carbocycles. The summed E-state index contributed by atoms with van der Waals surface area (Å²) in [5, 5.41) is 6.68. The fraction of sp³-hybridized carbons (Fsp3) is 0.929. The Bertz CT molecular complexity index is 249. The maximum Gasteiger partial charge on any atom is 0.223 e. The van der Waals surface area contributed by atoms with E-state index in [-0.39, 0.29) is 0 Å². The third kappa shape index (κ3) is 3.44. The fourth-order valence-electron chi connectivity index (χ4n) is 3.24. The zero-order chi connectivity index (χ0) is 12.1. The van der Waals surface area contributed by atoms with E-state index in [0.717, 1.165) is 25.9 Å². The molecular formula is C14H26N2O. The average molecular weight is 238 g/mol. The van der Waals surface area contributed by atoms with Crippen LogP contribution in [0.15, 0.2) is 0 Å². The van der Waals surface area contributed by atoms with Crippen LogP contribution >= 0.6 is 0 Å². The Kier molecular flexibility index (Phi) is 4.84. The van der Waals surface area contributed by atoms with Gasteiger partial charge in [-0.25, -0.2) is 0 Å².